The summed E-state index contributed by atoms with van der Waals surface area (Å²) in [5.41, 5.74) is 9.03. The van der Waals surface area contributed by atoms with Gasteiger partial charge in [0, 0.05) is 6.54 Å². The Morgan fingerprint density at radius 1 is 1.10 bits per heavy atom. The molecule has 0 bridgehead atoms. The molecule has 0 fully saturated rings. The lowest BCUT2D eigenvalue weighted by Crippen LogP contribution is -2.14. The minimum atomic E-state index is -3.58. The SMILES string of the molecule is CCc1ccccc1NS(=O)(=O)c1ccc(CN)c(C)c1. The smallest absolute Gasteiger partial charge is 0.261 e. The Hall–Kier alpha value is -1.85. The summed E-state index contributed by atoms with van der Waals surface area (Å²) >= 11 is 0. The monoisotopic (exact) mass is 304 g/mol. The fourth-order valence-electron chi connectivity index (χ4n) is 2.20. The topological polar surface area (TPSA) is 72.2 Å². The molecule has 0 aliphatic carbocycles. The van der Waals surface area contributed by atoms with Crippen molar-refractivity contribution in [1.82, 2.24) is 0 Å². The molecule has 0 saturated heterocycles. The molecule has 3 N–H and O–H groups in total. The molecular weight excluding hydrogens is 284 g/mol. The summed E-state index contributed by atoms with van der Waals surface area (Å²) in [6.45, 7) is 4.26. The summed E-state index contributed by atoms with van der Waals surface area (Å²) in [6, 6.07) is 12.4. The summed E-state index contributed by atoms with van der Waals surface area (Å²) in [5, 5.41) is 0. The van der Waals surface area contributed by atoms with Gasteiger partial charge in [-0.2, -0.15) is 0 Å². The molecule has 0 aromatic heterocycles. The summed E-state index contributed by atoms with van der Waals surface area (Å²) in [4.78, 5) is 0.253. The number of nitrogens with one attached hydrogen (secondary N) is 1. The lowest BCUT2D eigenvalue weighted by molar-refractivity contribution is 0.601. The summed E-state index contributed by atoms with van der Waals surface area (Å²) in [7, 11) is -3.58. The highest BCUT2D eigenvalue weighted by Crippen LogP contribution is 2.22. The molecule has 0 heterocycles. The fourth-order valence-corrected chi connectivity index (χ4v) is 3.38. The maximum Gasteiger partial charge on any atom is 0.261 e. The van der Waals surface area contributed by atoms with E-state index in [-0.39, 0.29) is 4.90 Å². The van der Waals surface area contributed by atoms with Crippen LogP contribution in [0.25, 0.3) is 0 Å². The fraction of sp³-hybridized carbons (Fsp3) is 0.250. The zero-order valence-electron chi connectivity index (χ0n) is 12.3. The standard InChI is InChI=1S/C16H20N2O2S/c1-3-13-6-4-5-7-16(13)18-21(19,20)15-9-8-14(11-17)12(2)10-15/h4-10,18H,3,11,17H2,1-2H3. The van der Waals surface area contributed by atoms with Gasteiger partial charge in [0.05, 0.1) is 10.6 Å². The molecule has 112 valence electrons. The van der Waals surface area contributed by atoms with Crippen LogP contribution in [0.2, 0.25) is 0 Å². The van der Waals surface area contributed by atoms with Crippen molar-refractivity contribution in [1.29, 1.82) is 0 Å². The molecule has 0 atom stereocenters. The molecule has 4 nitrogen and oxygen atoms in total. The Bertz CT molecular complexity index is 740. The number of nitrogens with two attached hydrogens (primary N) is 1. The van der Waals surface area contributed by atoms with Crippen LogP contribution in [0, 0.1) is 6.92 Å². The van der Waals surface area contributed by atoms with Crippen LogP contribution in [-0.4, -0.2) is 8.42 Å². The van der Waals surface area contributed by atoms with Gasteiger partial charge in [0.2, 0.25) is 0 Å². The first-order valence-corrected chi connectivity index (χ1v) is 8.36. The first-order chi connectivity index (χ1) is 9.97. The van der Waals surface area contributed by atoms with Crippen molar-refractivity contribution >= 4 is 15.7 Å². The Balaban J connectivity index is 2.36. The van der Waals surface area contributed by atoms with Crippen molar-refractivity contribution in [3.8, 4) is 0 Å². The number of para-hydroxylation sites is 1. The number of sulfonamides is 1. The van der Waals surface area contributed by atoms with Gasteiger partial charge >= 0.3 is 0 Å². The highest BCUT2D eigenvalue weighted by molar-refractivity contribution is 7.92. The van der Waals surface area contributed by atoms with Crippen LogP contribution < -0.4 is 10.5 Å². The van der Waals surface area contributed by atoms with Gasteiger partial charge in [0.15, 0.2) is 0 Å². The van der Waals surface area contributed by atoms with Crippen molar-refractivity contribution < 1.29 is 8.42 Å². The quantitative estimate of drug-likeness (QED) is 0.892. The van der Waals surface area contributed by atoms with Crippen molar-refractivity contribution in [2.24, 2.45) is 5.73 Å². The van der Waals surface area contributed by atoms with E-state index in [1.807, 2.05) is 32.0 Å². The molecule has 0 radical (unpaired) electrons. The zero-order chi connectivity index (χ0) is 15.5. The zero-order valence-corrected chi connectivity index (χ0v) is 13.1. The number of hydrogen-bond acceptors (Lipinski definition) is 3. The number of anilines is 1. The second-order valence-electron chi connectivity index (χ2n) is 4.91. The predicted octanol–water partition coefficient (Wildman–Crippen LogP) is 2.82. The maximum atomic E-state index is 12.5. The van der Waals surface area contributed by atoms with Gasteiger partial charge in [-0.05, 0) is 48.2 Å². The Morgan fingerprint density at radius 2 is 1.81 bits per heavy atom. The molecule has 0 spiro atoms. The molecule has 2 aromatic rings. The van der Waals surface area contributed by atoms with Crippen LogP contribution in [0.3, 0.4) is 0 Å². The molecule has 0 aliphatic rings. The van der Waals surface area contributed by atoms with Crippen LogP contribution in [0.5, 0.6) is 0 Å². The lowest BCUT2D eigenvalue weighted by Gasteiger charge is -2.13. The van der Waals surface area contributed by atoms with E-state index in [2.05, 4.69) is 4.72 Å². The lowest BCUT2D eigenvalue weighted by atomic mass is 10.1. The van der Waals surface area contributed by atoms with Gasteiger partial charge in [-0.1, -0.05) is 31.2 Å². The van der Waals surface area contributed by atoms with Crippen LogP contribution in [0.4, 0.5) is 5.69 Å². The average Bonchev–Trinajstić information content (AvgIpc) is 2.47. The van der Waals surface area contributed by atoms with E-state index in [0.29, 0.717) is 12.2 Å². The highest BCUT2D eigenvalue weighted by atomic mass is 32.2. The van der Waals surface area contributed by atoms with Gasteiger partial charge < -0.3 is 5.73 Å². The molecule has 2 rings (SSSR count). The molecule has 0 unspecified atom stereocenters. The van der Waals surface area contributed by atoms with E-state index >= 15 is 0 Å². The van der Waals surface area contributed by atoms with Crippen molar-refractivity contribution in [3.63, 3.8) is 0 Å². The first-order valence-electron chi connectivity index (χ1n) is 6.88. The minimum Gasteiger partial charge on any atom is -0.326 e. The van der Waals surface area contributed by atoms with Crippen molar-refractivity contribution in [3.05, 3.63) is 59.2 Å². The molecule has 2 aromatic carbocycles. The average molecular weight is 304 g/mol. The van der Waals surface area contributed by atoms with Crippen molar-refractivity contribution in [2.75, 3.05) is 4.72 Å². The molecular formula is C16H20N2O2S. The van der Waals surface area contributed by atoms with Crippen molar-refractivity contribution in [2.45, 2.75) is 31.7 Å². The van der Waals surface area contributed by atoms with E-state index in [9.17, 15) is 8.42 Å². The Labute approximate surface area is 126 Å². The predicted molar refractivity (Wildman–Crippen MR) is 85.7 cm³/mol. The largest absolute Gasteiger partial charge is 0.326 e. The number of hydrogen-bond donors (Lipinski definition) is 2. The van der Waals surface area contributed by atoms with Crippen LogP contribution in [0.1, 0.15) is 23.6 Å². The molecule has 21 heavy (non-hydrogen) atoms. The molecule has 0 saturated carbocycles. The second-order valence-corrected chi connectivity index (χ2v) is 6.59. The third-order valence-corrected chi connectivity index (χ3v) is 4.85. The van der Waals surface area contributed by atoms with Crippen LogP contribution in [-0.2, 0) is 23.0 Å². The highest BCUT2D eigenvalue weighted by Gasteiger charge is 2.16. The summed E-state index contributed by atoms with van der Waals surface area (Å²) in [5.74, 6) is 0. The van der Waals surface area contributed by atoms with Gasteiger partial charge in [0.25, 0.3) is 10.0 Å². The maximum absolute atomic E-state index is 12.5. The van der Waals surface area contributed by atoms with Gasteiger partial charge in [-0.3, -0.25) is 4.72 Å². The van der Waals surface area contributed by atoms with E-state index in [1.54, 1.807) is 24.3 Å². The van der Waals surface area contributed by atoms with E-state index in [4.69, 9.17) is 5.73 Å². The minimum absolute atomic E-state index is 0.253. The second kappa shape index (κ2) is 6.28. The molecule has 0 aliphatic heterocycles. The first kappa shape index (κ1) is 15.5. The molecule has 5 heteroatoms. The number of benzene rings is 2. The summed E-state index contributed by atoms with van der Waals surface area (Å²) < 4.78 is 27.6. The van der Waals surface area contributed by atoms with Gasteiger partial charge in [0.1, 0.15) is 0 Å². The summed E-state index contributed by atoms with van der Waals surface area (Å²) in [6.07, 6.45) is 0.768. The Kier molecular flexibility index (Phi) is 4.65. The van der Waals surface area contributed by atoms with Gasteiger partial charge in [-0.25, -0.2) is 8.42 Å². The van der Waals surface area contributed by atoms with E-state index in [1.165, 1.54) is 0 Å². The molecule has 0 amide bonds. The third-order valence-electron chi connectivity index (χ3n) is 3.49. The van der Waals surface area contributed by atoms with Gasteiger partial charge in [-0.15, -0.1) is 0 Å². The Morgan fingerprint density at radius 3 is 2.43 bits per heavy atom. The normalized spacial score (nSPS) is 11.4. The van der Waals surface area contributed by atoms with E-state index < -0.39 is 10.0 Å². The third kappa shape index (κ3) is 3.43. The number of rotatable bonds is 5. The van der Waals surface area contributed by atoms with E-state index in [0.717, 1.165) is 23.1 Å². The number of aryl methyl sites for hydroxylation is 2. The van der Waals surface area contributed by atoms with Crippen LogP contribution >= 0.6 is 0 Å². The van der Waals surface area contributed by atoms with Crippen LogP contribution in [0.15, 0.2) is 47.4 Å².